The van der Waals surface area contributed by atoms with Gasteiger partial charge >= 0.3 is 5.97 Å². The van der Waals surface area contributed by atoms with Crippen LogP contribution in [0, 0.1) is 5.92 Å². The molecule has 1 rings (SSSR count). The van der Waals surface area contributed by atoms with Gasteiger partial charge in [-0.25, -0.2) is 0 Å². The smallest absolute Gasteiger partial charge is 0.306 e. The SMILES string of the molecule is CC[C@H](N)C(=O)N1CCC(C(=O)O)CC1C. The summed E-state index contributed by atoms with van der Waals surface area (Å²) in [6.07, 6.45) is 1.67. The highest BCUT2D eigenvalue weighted by atomic mass is 16.4. The zero-order valence-corrected chi connectivity index (χ0v) is 9.85. The quantitative estimate of drug-likeness (QED) is 0.734. The van der Waals surface area contributed by atoms with E-state index < -0.39 is 12.0 Å². The van der Waals surface area contributed by atoms with Crippen LogP contribution in [0.2, 0.25) is 0 Å². The Morgan fingerprint density at radius 1 is 1.56 bits per heavy atom. The molecule has 0 aromatic carbocycles. The van der Waals surface area contributed by atoms with Crippen LogP contribution in [0.15, 0.2) is 0 Å². The van der Waals surface area contributed by atoms with E-state index in [4.69, 9.17) is 10.8 Å². The first-order valence-electron chi connectivity index (χ1n) is 5.76. The Morgan fingerprint density at radius 3 is 2.62 bits per heavy atom. The summed E-state index contributed by atoms with van der Waals surface area (Å²) in [6, 6.07) is -0.483. The first kappa shape index (κ1) is 13.0. The van der Waals surface area contributed by atoms with Crippen LogP contribution in [0.3, 0.4) is 0 Å². The molecule has 2 unspecified atom stereocenters. The maximum absolute atomic E-state index is 11.9. The molecule has 1 amide bonds. The molecule has 0 saturated carbocycles. The molecule has 0 aromatic heterocycles. The largest absolute Gasteiger partial charge is 0.481 e. The van der Waals surface area contributed by atoms with Crippen molar-refractivity contribution in [3.05, 3.63) is 0 Å². The molecule has 0 bridgehead atoms. The van der Waals surface area contributed by atoms with Crippen LogP contribution < -0.4 is 5.73 Å². The van der Waals surface area contributed by atoms with Crippen molar-refractivity contribution in [2.24, 2.45) is 11.7 Å². The van der Waals surface area contributed by atoms with Gasteiger partial charge in [-0.3, -0.25) is 9.59 Å². The molecule has 0 aromatic rings. The first-order valence-corrected chi connectivity index (χ1v) is 5.76. The van der Waals surface area contributed by atoms with Gasteiger partial charge in [-0.15, -0.1) is 0 Å². The third-order valence-electron chi connectivity index (χ3n) is 3.27. The van der Waals surface area contributed by atoms with E-state index in [2.05, 4.69) is 0 Å². The Bertz CT molecular complexity index is 280. The van der Waals surface area contributed by atoms with Crippen molar-refractivity contribution in [1.82, 2.24) is 4.90 Å². The average molecular weight is 228 g/mol. The summed E-state index contributed by atoms with van der Waals surface area (Å²) < 4.78 is 0. The van der Waals surface area contributed by atoms with Crippen molar-refractivity contribution >= 4 is 11.9 Å². The molecule has 1 heterocycles. The molecular weight excluding hydrogens is 208 g/mol. The molecular formula is C11H20N2O3. The van der Waals surface area contributed by atoms with Gasteiger partial charge in [0.1, 0.15) is 0 Å². The highest BCUT2D eigenvalue weighted by Gasteiger charge is 2.33. The molecule has 92 valence electrons. The zero-order chi connectivity index (χ0) is 12.3. The number of piperidine rings is 1. The minimum absolute atomic E-state index is 0.0278. The number of carbonyl (C=O) groups excluding carboxylic acids is 1. The van der Waals surface area contributed by atoms with Crippen LogP contribution in [-0.2, 0) is 9.59 Å². The van der Waals surface area contributed by atoms with Gasteiger partial charge in [-0.1, -0.05) is 6.92 Å². The number of carboxylic acid groups (broad SMARTS) is 1. The Morgan fingerprint density at radius 2 is 2.19 bits per heavy atom. The fourth-order valence-electron chi connectivity index (χ4n) is 2.11. The van der Waals surface area contributed by atoms with Crippen molar-refractivity contribution in [3.63, 3.8) is 0 Å². The second-order valence-electron chi connectivity index (χ2n) is 4.45. The van der Waals surface area contributed by atoms with E-state index in [1.807, 2.05) is 13.8 Å². The summed E-state index contributed by atoms with van der Waals surface area (Å²) in [5.74, 6) is -1.14. The summed E-state index contributed by atoms with van der Waals surface area (Å²) in [7, 11) is 0. The molecule has 5 heteroatoms. The second kappa shape index (κ2) is 5.30. The Kier molecular flexibility index (Phi) is 4.29. The number of hydrogen-bond acceptors (Lipinski definition) is 3. The summed E-state index contributed by atoms with van der Waals surface area (Å²) in [6.45, 7) is 4.26. The molecule has 1 fully saturated rings. The highest BCUT2D eigenvalue weighted by molar-refractivity contribution is 5.82. The molecule has 0 aliphatic carbocycles. The fourth-order valence-corrected chi connectivity index (χ4v) is 2.11. The van der Waals surface area contributed by atoms with Crippen LogP contribution in [0.4, 0.5) is 0 Å². The van der Waals surface area contributed by atoms with Gasteiger partial charge in [0.15, 0.2) is 0 Å². The van der Waals surface area contributed by atoms with Crippen LogP contribution in [-0.4, -0.2) is 40.5 Å². The van der Waals surface area contributed by atoms with Crippen molar-refractivity contribution in [3.8, 4) is 0 Å². The number of nitrogens with zero attached hydrogens (tertiary/aromatic N) is 1. The van der Waals surface area contributed by atoms with E-state index >= 15 is 0 Å². The van der Waals surface area contributed by atoms with Gasteiger partial charge in [-0.05, 0) is 26.2 Å². The van der Waals surface area contributed by atoms with Crippen LogP contribution in [0.5, 0.6) is 0 Å². The molecule has 3 atom stereocenters. The van der Waals surface area contributed by atoms with Gasteiger partial charge in [0, 0.05) is 12.6 Å². The van der Waals surface area contributed by atoms with Gasteiger partial charge in [0.05, 0.1) is 12.0 Å². The number of aliphatic carboxylic acids is 1. The van der Waals surface area contributed by atoms with E-state index in [9.17, 15) is 9.59 Å². The maximum Gasteiger partial charge on any atom is 0.306 e. The monoisotopic (exact) mass is 228 g/mol. The number of carboxylic acids is 1. The van der Waals surface area contributed by atoms with Crippen molar-refractivity contribution in [1.29, 1.82) is 0 Å². The van der Waals surface area contributed by atoms with Crippen LogP contribution >= 0.6 is 0 Å². The predicted octanol–water partition coefficient (Wildman–Crippen LogP) is 0.435. The molecule has 1 aliphatic heterocycles. The zero-order valence-electron chi connectivity index (χ0n) is 9.85. The minimum Gasteiger partial charge on any atom is -0.481 e. The average Bonchev–Trinajstić information content (AvgIpc) is 2.26. The lowest BCUT2D eigenvalue weighted by atomic mass is 9.91. The van der Waals surface area contributed by atoms with Gasteiger partial charge in [0.25, 0.3) is 0 Å². The Balaban J connectivity index is 2.60. The number of carbonyl (C=O) groups is 2. The van der Waals surface area contributed by atoms with E-state index in [0.29, 0.717) is 25.8 Å². The summed E-state index contributed by atoms with van der Waals surface area (Å²) in [5, 5.41) is 8.91. The van der Waals surface area contributed by atoms with Crippen LogP contribution in [0.25, 0.3) is 0 Å². The summed E-state index contributed by atoms with van der Waals surface area (Å²) >= 11 is 0. The maximum atomic E-state index is 11.9. The van der Waals surface area contributed by atoms with Gasteiger partial charge in [0.2, 0.25) is 5.91 Å². The highest BCUT2D eigenvalue weighted by Crippen LogP contribution is 2.23. The minimum atomic E-state index is -0.765. The Hall–Kier alpha value is -1.10. The number of rotatable bonds is 3. The van der Waals surface area contributed by atoms with E-state index in [0.717, 1.165) is 0 Å². The molecule has 1 saturated heterocycles. The van der Waals surface area contributed by atoms with Gasteiger partial charge in [-0.2, -0.15) is 0 Å². The molecule has 3 N–H and O–H groups in total. The summed E-state index contributed by atoms with van der Waals surface area (Å²) in [4.78, 5) is 24.4. The van der Waals surface area contributed by atoms with Crippen molar-refractivity contribution in [2.45, 2.75) is 45.2 Å². The molecule has 5 nitrogen and oxygen atoms in total. The lowest BCUT2D eigenvalue weighted by molar-refractivity contribution is -0.147. The molecule has 1 aliphatic rings. The molecule has 16 heavy (non-hydrogen) atoms. The number of likely N-dealkylation sites (tertiary alicyclic amines) is 1. The lowest BCUT2D eigenvalue weighted by Crippen LogP contribution is -2.51. The van der Waals surface area contributed by atoms with E-state index in [1.165, 1.54) is 0 Å². The van der Waals surface area contributed by atoms with Crippen molar-refractivity contribution < 1.29 is 14.7 Å². The number of amides is 1. The predicted molar refractivity (Wildman–Crippen MR) is 59.8 cm³/mol. The fraction of sp³-hybridized carbons (Fsp3) is 0.818. The molecule has 0 radical (unpaired) electrons. The second-order valence-corrected chi connectivity index (χ2v) is 4.45. The third-order valence-corrected chi connectivity index (χ3v) is 3.27. The topological polar surface area (TPSA) is 83.6 Å². The standard InChI is InChI=1S/C11H20N2O3/c1-3-9(12)10(14)13-5-4-8(11(15)16)6-7(13)2/h7-9H,3-6,12H2,1-2H3,(H,15,16)/t7?,8?,9-/m0/s1. The number of nitrogens with two attached hydrogens (primary N) is 1. The normalized spacial score (nSPS) is 27.6. The first-order chi connectivity index (χ1) is 7.47. The Labute approximate surface area is 95.6 Å². The summed E-state index contributed by atoms with van der Waals surface area (Å²) in [5.41, 5.74) is 5.70. The van der Waals surface area contributed by atoms with Gasteiger partial charge < -0.3 is 15.7 Å². The van der Waals surface area contributed by atoms with Crippen molar-refractivity contribution in [2.75, 3.05) is 6.54 Å². The molecule has 0 spiro atoms. The van der Waals surface area contributed by atoms with E-state index in [1.54, 1.807) is 4.90 Å². The lowest BCUT2D eigenvalue weighted by Gasteiger charge is -2.37. The van der Waals surface area contributed by atoms with Crippen LogP contribution in [0.1, 0.15) is 33.1 Å². The third kappa shape index (κ3) is 2.72. The number of hydrogen-bond donors (Lipinski definition) is 2. The van der Waals surface area contributed by atoms with E-state index in [-0.39, 0.29) is 17.9 Å².